The summed E-state index contributed by atoms with van der Waals surface area (Å²) in [6, 6.07) is -0.909. The number of carboxylic acid groups (broad SMARTS) is 1. The van der Waals surface area contributed by atoms with Gasteiger partial charge in [-0.2, -0.15) is 11.8 Å². The quantitative estimate of drug-likeness (QED) is 0.826. The van der Waals surface area contributed by atoms with Crippen molar-refractivity contribution < 1.29 is 14.7 Å². The number of likely N-dealkylation sites (tertiary alicyclic amines) is 1. The van der Waals surface area contributed by atoms with Crippen LogP contribution in [0.2, 0.25) is 0 Å². The summed E-state index contributed by atoms with van der Waals surface area (Å²) in [6.07, 6.45) is 7.05. The molecule has 2 N–H and O–H groups in total. The van der Waals surface area contributed by atoms with E-state index in [9.17, 15) is 9.59 Å². The summed E-state index contributed by atoms with van der Waals surface area (Å²) in [5.74, 6) is -0.778. The van der Waals surface area contributed by atoms with E-state index in [2.05, 4.69) is 11.6 Å². The van der Waals surface area contributed by atoms with Crippen LogP contribution in [0.5, 0.6) is 0 Å². The number of rotatable bonds is 4. The summed E-state index contributed by atoms with van der Waals surface area (Å²) >= 11 is 1.85. The highest BCUT2D eigenvalue weighted by Gasteiger charge is 2.38. The van der Waals surface area contributed by atoms with Gasteiger partial charge in [0.05, 0.1) is 0 Å². The zero-order valence-corrected chi connectivity index (χ0v) is 12.1. The summed E-state index contributed by atoms with van der Waals surface area (Å²) in [5.41, 5.74) is 0. The smallest absolute Gasteiger partial charge is 0.326 e. The molecule has 2 unspecified atom stereocenters. The van der Waals surface area contributed by atoms with Crippen molar-refractivity contribution in [3.05, 3.63) is 0 Å². The molecule has 0 bridgehead atoms. The van der Waals surface area contributed by atoms with E-state index < -0.39 is 12.0 Å². The second-order valence-electron chi connectivity index (χ2n) is 5.38. The standard InChI is InChI=1S/C13H22N2O3S/c1-19-10-3-2-7-15(8-6-10)13(18)14-11(12(16)17)9-4-5-9/h9-11H,2-8H2,1H3,(H,14,18)(H,16,17). The van der Waals surface area contributed by atoms with Crippen molar-refractivity contribution in [2.24, 2.45) is 5.92 Å². The topological polar surface area (TPSA) is 69.6 Å². The van der Waals surface area contributed by atoms with Crippen LogP contribution in [0, 0.1) is 5.92 Å². The predicted octanol–water partition coefficient (Wildman–Crippen LogP) is 1.78. The largest absolute Gasteiger partial charge is 0.480 e. The van der Waals surface area contributed by atoms with Gasteiger partial charge in [0.1, 0.15) is 6.04 Å². The van der Waals surface area contributed by atoms with Crippen molar-refractivity contribution in [3.63, 3.8) is 0 Å². The maximum atomic E-state index is 12.1. The Morgan fingerprint density at radius 1 is 1.26 bits per heavy atom. The highest BCUT2D eigenvalue weighted by Crippen LogP contribution is 2.33. The second kappa shape index (κ2) is 6.50. The lowest BCUT2D eigenvalue weighted by Gasteiger charge is -2.23. The number of nitrogens with zero attached hydrogens (tertiary/aromatic N) is 1. The molecule has 108 valence electrons. The summed E-state index contributed by atoms with van der Waals surface area (Å²) in [5, 5.41) is 12.4. The molecule has 0 radical (unpaired) electrons. The number of amides is 2. The average molecular weight is 286 g/mol. The van der Waals surface area contributed by atoms with Crippen molar-refractivity contribution in [1.82, 2.24) is 10.2 Å². The summed E-state index contributed by atoms with van der Waals surface area (Å²) < 4.78 is 0. The third kappa shape index (κ3) is 4.03. The zero-order valence-electron chi connectivity index (χ0n) is 11.3. The van der Waals surface area contributed by atoms with Gasteiger partial charge < -0.3 is 15.3 Å². The number of hydrogen-bond donors (Lipinski definition) is 2. The van der Waals surface area contributed by atoms with E-state index in [1.54, 1.807) is 4.90 Å². The number of aliphatic carboxylic acids is 1. The molecule has 1 saturated heterocycles. The van der Waals surface area contributed by atoms with E-state index in [0.29, 0.717) is 5.25 Å². The lowest BCUT2D eigenvalue weighted by atomic mass is 10.2. The maximum absolute atomic E-state index is 12.1. The minimum atomic E-state index is -0.910. The van der Waals surface area contributed by atoms with Crippen LogP contribution in [0.15, 0.2) is 0 Å². The van der Waals surface area contributed by atoms with Crippen LogP contribution in [0.1, 0.15) is 32.1 Å². The highest BCUT2D eigenvalue weighted by atomic mass is 32.2. The number of carbonyl (C=O) groups excluding carboxylic acids is 1. The molecule has 1 heterocycles. The molecule has 0 spiro atoms. The molecule has 2 rings (SSSR count). The summed E-state index contributed by atoms with van der Waals surface area (Å²) in [7, 11) is 0. The molecule has 5 nitrogen and oxygen atoms in total. The van der Waals surface area contributed by atoms with Crippen LogP contribution in [0.3, 0.4) is 0 Å². The van der Waals surface area contributed by atoms with Gasteiger partial charge in [0.2, 0.25) is 0 Å². The van der Waals surface area contributed by atoms with Crippen LogP contribution in [0.4, 0.5) is 4.79 Å². The first-order chi connectivity index (χ1) is 9.11. The fourth-order valence-electron chi connectivity index (χ4n) is 2.54. The van der Waals surface area contributed by atoms with Gasteiger partial charge in [-0.15, -0.1) is 0 Å². The Balaban J connectivity index is 1.86. The Kier molecular flexibility index (Phi) is 4.96. The second-order valence-corrected chi connectivity index (χ2v) is 6.52. The monoisotopic (exact) mass is 286 g/mol. The van der Waals surface area contributed by atoms with Crippen molar-refractivity contribution in [2.45, 2.75) is 43.4 Å². The minimum absolute atomic E-state index is 0.132. The van der Waals surface area contributed by atoms with Crippen molar-refractivity contribution in [1.29, 1.82) is 0 Å². The number of nitrogens with one attached hydrogen (secondary N) is 1. The molecule has 1 aliphatic heterocycles. The van der Waals surface area contributed by atoms with Gasteiger partial charge in [0, 0.05) is 18.3 Å². The van der Waals surface area contributed by atoms with Gasteiger partial charge in [0.15, 0.2) is 0 Å². The van der Waals surface area contributed by atoms with E-state index in [4.69, 9.17) is 5.11 Å². The molecular weight excluding hydrogens is 264 g/mol. The van der Waals surface area contributed by atoms with Crippen molar-refractivity contribution in [2.75, 3.05) is 19.3 Å². The highest BCUT2D eigenvalue weighted by molar-refractivity contribution is 7.99. The molecule has 2 fully saturated rings. The normalized spacial score (nSPS) is 25.5. The Labute approximate surface area is 118 Å². The fourth-order valence-corrected chi connectivity index (χ4v) is 3.28. The first kappa shape index (κ1) is 14.5. The first-order valence-corrected chi connectivity index (χ1v) is 8.21. The fraction of sp³-hybridized carbons (Fsp3) is 0.846. The Hall–Kier alpha value is -0.910. The molecule has 2 atom stereocenters. The van der Waals surface area contributed by atoms with E-state index in [1.807, 2.05) is 11.8 Å². The van der Waals surface area contributed by atoms with Crippen molar-refractivity contribution in [3.8, 4) is 0 Å². The van der Waals surface area contributed by atoms with Crippen LogP contribution in [0.25, 0.3) is 0 Å². The molecule has 0 aromatic heterocycles. The van der Waals surface area contributed by atoms with Gasteiger partial charge >= 0.3 is 12.0 Å². The SMILES string of the molecule is CSC1CCCN(C(=O)NC(C(=O)O)C2CC2)CC1. The number of thioether (sulfide) groups is 1. The molecule has 6 heteroatoms. The Bertz CT molecular complexity index is 347. The number of carboxylic acids is 1. The van der Waals surface area contributed by atoms with Gasteiger partial charge in [-0.25, -0.2) is 9.59 Å². The van der Waals surface area contributed by atoms with Crippen molar-refractivity contribution >= 4 is 23.8 Å². The summed E-state index contributed by atoms with van der Waals surface area (Å²) in [6.45, 7) is 1.47. The lowest BCUT2D eigenvalue weighted by Crippen LogP contribution is -2.49. The van der Waals surface area contributed by atoms with Gasteiger partial charge in [0.25, 0.3) is 0 Å². The van der Waals surface area contributed by atoms with Crippen LogP contribution in [-0.4, -0.2) is 52.6 Å². The molecule has 1 saturated carbocycles. The number of hydrogen-bond acceptors (Lipinski definition) is 3. The van der Waals surface area contributed by atoms with Crippen LogP contribution in [-0.2, 0) is 4.79 Å². The Morgan fingerprint density at radius 2 is 2.00 bits per heavy atom. The maximum Gasteiger partial charge on any atom is 0.326 e. The third-order valence-corrected chi connectivity index (χ3v) is 5.07. The van der Waals surface area contributed by atoms with E-state index in [-0.39, 0.29) is 11.9 Å². The molecule has 2 aliphatic rings. The molecule has 0 aromatic carbocycles. The zero-order chi connectivity index (χ0) is 13.8. The van der Waals surface area contributed by atoms with Gasteiger partial charge in [-0.3, -0.25) is 0 Å². The van der Waals surface area contributed by atoms with E-state index in [1.165, 1.54) is 0 Å². The molecular formula is C13H22N2O3S. The molecule has 1 aliphatic carbocycles. The predicted molar refractivity (Wildman–Crippen MR) is 75.4 cm³/mol. The van der Waals surface area contributed by atoms with Crippen LogP contribution < -0.4 is 5.32 Å². The van der Waals surface area contributed by atoms with Gasteiger partial charge in [-0.1, -0.05) is 0 Å². The molecule has 19 heavy (non-hydrogen) atoms. The Morgan fingerprint density at radius 3 is 2.58 bits per heavy atom. The van der Waals surface area contributed by atoms with Crippen LogP contribution >= 0.6 is 11.8 Å². The third-order valence-electron chi connectivity index (χ3n) is 3.93. The molecule has 0 aromatic rings. The number of carbonyl (C=O) groups is 2. The minimum Gasteiger partial charge on any atom is -0.480 e. The average Bonchev–Trinajstić information content (AvgIpc) is 3.21. The molecule has 2 amide bonds. The number of urea groups is 1. The van der Waals surface area contributed by atoms with E-state index in [0.717, 1.165) is 45.2 Å². The van der Waals surface area contributed by atoms with E-state index >= 15 is 0 Å². The summed E-state index contributed by atoms with van der Waals surface area (Å²) in [4.78, 5) is 25.0. The first-order valence-electron chi connectivity index (χ1n) is 6.93. The van der Waals surface area contributed by atoms with Gasteiger partial charge in [-0.05, 0) is 44.3 Å². The lowest BCUT2D eigenvalue weighted by molar-refractivity contribution is -0.139.